The monoisotopic (exact) mass is 402 g/mol. The first-order valence-electron chi connectivity index (χ1n) is 9.82. The number of allylic oxidation sites excluding steroid dienone is 2. The third kappa shape index (κ3) is 3.13. The molecule has 0 aliphatic heterocycles. The van der Waals surface area contributed by atoms with Crippen LogP contribution in [0.15, 0.2) is 46.2 Å². The Kier molecular flexibility index (Phi) is 5.20. The molecule has 0 bridgehead atoms. The van der Waals surface area contributed by atoms with Crippen LogP contribution in [0.1, 0.15) is 48.9 Å². The van der Waals surface area contributed by atoms with E-state index >= 15 is 0 Å². The highest BCUT2D eigenvalue weighted by atomic mass is 32.1. The van der Waals surface area contributed by atoms with Crippen LogP contribution in [0.25, 0.3) is 34.1 Å². The Morgan fingerprint density at radius 1 is 0.786 bits per heavy atom. The minimum atomic E-state index is 1.06. The number of hydrogen-bond donors (Lipinski definition) is 2. The normalized spacial score (nSPS) is 14.2. The van der Waals surface area contributed by atoms with E-state index in [0.717, 1.165) is 22.6 Å². The molecule has 2 heteroatoms. The van der Waals surface area contributed by atoms with Gasteiger partial charge in [-0.05, 0) is 95.1 Å². The molecule has 142 valence electrons. The van der Waals surface area contributed by atoms with E-state index in [-0.39, 0.29) is 0 Å². The summed E-state index contributed by atoms with van der Waals surface area (Å²) in [5.74, 6) is 0. The van der Waals surface area contributed by atoms with Crippen molar-refractivity contribution >= 4 is 59.3 Å². The minimum Gasteiger partial charge on any atom is -0.142 e. The van der Waals surface area contributed by atoms with Crippen LogP contribution < -0.4 is 10.4 Å². The van der Waals surface area contributed by atoms with Crippen LogP contribution in [0.5, 0.6) is 0 Å². The summed E-state index contributed by atoms with van der Waals surface area (Å²) >= 11 is 9.92. The maximum atomic E-state index is 4.97. The molecule has 0 atom stereocenters. The average molecular weight is 403 g/mol. The van der Waals surface area contributed by atoms with Crippen molar-refractivity contribution in [2.24, 2.45) is 0 Å². The van der Waals surface area contributed by atoms with Crippen molar-refractivity contribution in [2.75, 3.05) is 0 Å². The molecule has 0 unspecified atom stereocenters. The van der Waals surface area contributed by atoms with E-state index in [0.29, 0.717) is 0 Å². The van der Waals surface area contributed by atoms with Gasteiger partial charge < -0.3 is 0 Å². The maximum absolute atomic E-state index is 4.97. The zero-order chi connectivity index (χ0) is 20.0. The van der Waals surface area contributed by atoms with Crippen molar-refractivity contribution in [1.29, 1.82) is 0 Å². The lowest BCUT2D eigenvalue weighted by Gasteiger charge is -2.19. The lowest BCUT2D eigenvalue weighted by molar-refractivity contribution is 1.09. The van der Waals surface area contributed by atoms with Crippen LogP contribution in [0.2, 0.25) is 0 Å². The van der Waals surface area contributed by atoms with Gasteiger partial charge in [-0.3, -0.25) is 0 Å². The predicted octanol–water partition coefficient (Wildman–Crippen LogP) is 6.34. The Labute approximate surface area is 178 Å². The number of aryl methyl sites for hydroxylation is 2. The standard InChI is InChI=1S/C26H26S2/c1-15-13-19-9-5-7-11-21(19)25(27)23(15)17(3)18(4)24-16(2)14-20-10-6-8-12-22(20)26(24)28/h5,7,9-14,27-28H,6,8H2,1-4H3/b18-17+. The van der Waals surface area contributed by atoms with Crippen molar-refractivity contribution in [1.82, 2.24) is 0 Å². The predicted molar refractivity (Wildman–Crippen MR) is 130 cm³/mol. The molecular weight excluding hydrogens is 376 g/mol. The Balaban J connectivity index is 2.01. The summed E-state index contributed by atoms with van der Waals surface area (Å²) in [5.41, 5.74) is 7.58. The minimum absolute atomic E-state index is 1.06. The van der Waals surface area contributed by atoms with Gasteiger partial charge in [0.15, 0.2) is 0 Å². The quantitative estimate of drug-likeness (QED) is 0.363. The van der Waals surface area contributed by atoms with Crippen LogP contribution >= 0.6 is 25.3 Å². The highest BCUT2D eigenvalue weighted by molar-refractivity contribution is 7.80. The fraction of sp³-hybridized carbons (Fsp3) is 0.231. The number of hydrogen-bond acceptors (Lipinski definition) is 2. The number of benzene rings is 3. The number of fused-ring (bicyclic) bond motifs is 2. The molecule has 0 heterocycles. The summed E-state index contributed by atoms with van der Waals surface area (Å²) < 4.78 is 0. The molecule has 3 aromatic rings. The summed E-state index contributed by atoms with van der Waals surface area (Å²) in [6.07, 6.45) is 6.87. The second-order valence-corrected chi connectivity index (χ2v) is 8.69. The van der Waals surface area contributed by atoms with Gasteiger partial charge in [-0.1, -0.05) is 48.6 Å². The van der Waals surface area contributed by atoms with E-state index in [1.165, 1.54) is 54.6 Å². The molecular formula is C26H26S2. The maximum Gasteiger partial charge on any atom is 0.0197 e. The lowest BCUT2D eigenvalue weighted by atomic mass is 9.89. The molecule has 0 spiro atoms. The van der Waals surface area contributed by atoms with Crippen molar-refractivity contribution in [3.8, 4) is 0 Å². The van der Waals surface area contributed by atoms with E-state index in [9.17, 15) is 0 Å². The van der Waals surface area contributed by atoms with E-state index in [2.05, 4.69) is 76.2 Å². The Morgan fingerprint density at radius 2 is 1.39 bits per heavy atom. The van der Waals surface area contributed by atoms with Gasteiger partial charge >= 0.3 is 0 Å². The summed E-state index contributed by atoms with van der Waals surface area (Å²) in [7, 11) is 0. The molecule has 0 saturated heterocycles. The van der Waals surface area contributed by atoms with Crippen LogP contribution in [-0.2, 0) is 0 Å². The average Bonchev–Trinajstić information content (AvgIpc) is 2.67. The third-order valence-electron chi connectivity index (χ3n) is 5.98. The topological polar surface area (TPSA) is 0 Å². The van der Waals surface area contributed by atoms with E-state index < -0.39 is 0 Å². The lowest BCUT2D eigenvalue weighted by Crippen LogP contribution is -2.30. The zero-order valence-corrected chi connectivity index (χ0v) is 18.7. The molecule has 0 radical (unpaired) electrons. The molecule has 1 aliphatic carbocycles. The van der Waals surface area contributed by atoms with Crippen molar-refractivity contribution in [3.63, 3.8) is 0 Å². The van der Waals surface area contributed by atoms with Crippen molar-refractivity contribution in [2.45, 2.75) is 50.3 Å². The summed E-state index contributed by atoms with van der Waals surface area (Å²) in [4.78, 5) is 2.16. The Morgan fingerprint density at radius 3 is 2.14 bits per heavy atom. The number of rotatable bonds is 2. The van der Waals surface area contributed by atoms with E-state index in [1.54, 1.807) is 0 Å². The molecule has 0 nitrogen and oxygen atoms in total. The van der Waals surface area contributed by atoms with Crippen molar-refractivity contribution < 1.29 is 0 Å². The largest absolute Gasteiger partial charge is 0.142 e. The van der Waals surface area contributed by atoms with Gasteiger partial charge in [0.05, 0.1) is 0 Å². The van der Waals surface area contributed by atoms with Gasteiger partial charge in [0, 0.05) is 9.79 Å². The van der Waals surface area contributed by atoms with Gasteiger partial charge in [0.1, 0.15) is 0 Å². The fourth-order valence-corrected chi connectivity index (χ4v) is 5.59. The summed E-state index contributed by atoms with van der Waals surface area (Å²) in [6, 6.07) is 13.1. The van der Waals surface area contributed by atoms with E-state index in [4.69, 9.17) is 25.3 Å². The molecule has 0 N–H and O–H groups in total. The molecule has 28 heavy (non-hydrogen) atoms. The van der Waals surface area contributed by atoms with Gasteiger partial charge in [-0.15, -0.1) is 25.3 Å². The SMILES string of the molecule is C/C(=C(/C)c1c(C)cc2ccccc2c1S)c1c(C)cc2c(c1S)=CCCC=2. The smallest absolute Gasteiger partial charge is 0.0197 e. The summed E-state index contributed by atoms with van der Waals surface area (Å²) in [5, 5.41) is 5.04. The van der Waals surface area contributed by atoms with Gasteiger partial charge in [-0.25, -0.2) is 0 Å². The molecule has 4 rings (SSSR count). The van der Waals surface area contributed by atoms with Crippen LogP contribution in [-0.4, -0.2) is 0 Å². The molecule has 1 aliphatic rings. The molecule has 0 fully saturated rings. The van der Waals surface area contributed by atoms with Crippen molar-refractivity contribution in [3.05, 3.63) is 69.1 Å². The highest BCUT2D eigenvalue weighted by Crippen LogP contribution is 2.37. The highest BCUT2D eigenvalue weighted by Gasteiger charge is 2.16. The first-order chi connectivity index (χ1) is 13.4. The van der Waals surface area contributed by atoms with Gasteiger partial charge in [0.25, 0.3) is 0 Å². The second-order valence-electron chi connectivity index (χ2n) is 7.79. The molecule has 0 aromatic heterocycles. The molecule has 0 amide bonds. The second kappa shape index (κ2) is 7.50. The van der Waals surface area contributed by atoms with E-state index in [1.807, 2.05) is 0 Å². The first-order valence-corrected chi connectivity index (χ1v) is 10.7. The summed E-state index contributed by atoms with van der Waals surface area (Å²) in [6.45, 7) is 8.82. The first kappa shape index (κ1) is 19.4. The third-order valence-corrected chi connectivity index (χ3v) is 6.91. The molecule has 0 saturated carbocycles. The Bertz CT molecular complexity index is 1260. The zero-order valence-electron chi connectivity index (χ0n) is 16.9. The number of thiol groups is 2. The van der Waals surface area contributed by atoms with Gasteiger partial charge in [-0.2, -0.15) is 0 Å². The van der Waals surface area contributed by atoms with Gasteiger partial charge in [0.2, 0.25) is 0 Å². The van der Waals surface area contributed by atoms with Crippen LogP contribution in [0, 0.1) is 13.8 Å². The fourth-order valence-electron chi connectivity index (χ4n) is 4.48. The molecule has 3 aromatic carbocycles. The van der Waals surface area contributed by atoms with Crippen LogP contribution in [0.4, 0.5) is 0 Å². The Hall–Kier alpha value is -1.90. The van der Waals surface area contributed by atoms with Crippen LogP contribution in [0.3, 0.4) is 0 Å².